The van der Waals surface area contributed by atoms with Gasteiger partial charge in [0.05, 0.1) is 0 Å². The third kappa shape index (κ3) is 2.99. The number of hydrogen-bond donors (Lipinski definition) is 1. The summed E-state index contributed by atoms with van der Waals surface area (Å²) in [5.41, 5.74) is 1.14. The van der Waals surface area contributed by atoms with Crippen LogP contribution in [0.2, 0.25) is 0 Å². The van der Waals surface area contributed by atoms with E-state index in [0.717, 1.165) is 5.56 Å². The molecule has 0 aromatic heterocycles. The van der Waals surface area contributed by atoms with Gasteiger partial charge in [-0.3, -0.25) is 4.79 Å². The van der Waals surface area contributed by atoms with Crippen LogP contribution in [0.15, 0.2) is 30.3 Å². The van der Waals surface area contributed by atoms with E-state index in [1.165, 1.54) is 0 Å². The second kappa shape index (κ2) is 4.77. The minimum absolute atomic E-state index is 0.101. The quantitative estimate of drug-likeness (QED) is 0.762. The van der Waals surface area contributed by atoms with Crippen molar-refractivity contribution in [3.63, 3.8) is 0 Å². The molecule has 0 aliphatic carbocycles. The number of carbonyl (C=O) groups excluding carboxylic acids is 1. The molecule has 0 saturated heterocycles. The van der Waals surface area contributed by atoms with E-state index in [4.69, 9.17) is 5.11 Å². The average Bonchev–Trinajstić information content (AvgIpc) is 2.19. The Hall–Kier alpha value is -1.15. The highest BCUT2D eigenvalue weighted by molar-refractivity contribution is 5.80. The van der Waals surface area contributed by atoms with Gasteiger partial charge in [-0.05, 0) is 11.5 Å². The molecule has 0 aliphatic rings. The van der Waals surface area contributed by atoms with Gasteiger partial charge >= 0.3 is 0 Å². The highest BCUT2D eigenvalue weighted by Gasteiger charge is 2.09. The molecule has 0 bridgehead atoms. The minimum atomic E-state index is -0.350. The molecule has 1 aromatic carbocycles. The number of aliphatic hydroxyl groups is 1. The highest BCUT2D eigenvalue weighted by atomic mass is 16.3. The van der Waals surface area contributed by atoms with Crippen LogP contribution in [0.3, 0.4) is 0 Å². The lowest BCUT2D eigenvalue weighted by Gasteiger charge is -2.09. The van der Waals surface area contributed by atoms with Gasteiger partial charge in [0.15, 0.2) is 5.78 Å². The molecule has 0 amide bonds. The number of hydrogen-bond acceptors (Lipinski definition) is 2. The number of aliphatic hydroxyl groups excluding tert-OH is 1. The molecule has 1 aromatic rings. The van der Waals surface area contributed by atoms with Gasteiger partial charge in [-0.25, -0.2) is 0 Å². The molecular weight excluding hydrogens is 164 g/mol. The van der Waals surface area contributed by atoms with Crippen molar-refractivity contribution >= 4 is 5.78 Å². The number of carbonyl (C=O) groups is 1. The monoisotopic (exact) mass is 178 g/mol. The molecule has 1 unspecified atom stereocenters. The lowest BCUT2D eigenvalue weighted by atomic mass is 9.96. The van der Waals surface area contributed by atoms with Crippen LogP contribution in [0.5, 0.6) is 0 Å². The highest BCUT2D eigenvalue weighted by Crippen LogP contribution is 2.18. The van der Waals surface area contributed by atoms with Crippen molar-refractivity contribution in [1.29, 1.82) is 0 Å². The molecule has 2 nitrogen and oxygen atoms in total. The van der Waals surface area contributed by atoms with Crippen molar-refractivity contribution < 1.29 is 9.90 Å². The van der Waals surface area contributed by atoms with Gasteiger partial charge in [0.25, 0.3) is 0 Å². The van der Waals surface area contributed by atoms with Gasteiger partial charge in [0.1, 0.15) is 6.61 Å². The maximum atomic E-state index is 10.9. The Bertz CT molecular complexity index is 267. The molecule has 13 heavy (non-hydrogen) atoms. The van der Waals surface area contributed by atoms with Gasteiger partial charge in [-0.15, -0.1) is 0 Å². The molecule has 0 radical (unpaired) electrons. The van der Waals surface area contributed by atoms with Crippen molar-refractivity contribution in [3.05, 3.63) is 35.9 Å². The van der Waals surface area contributed by atoms with E-state index in [1.807, 2.05) is 37.3 Å². The van der Waals surface area contributed by atoms with Crippen LogP contribution in [-0.2, 0) is 4.79 Å². The number of rotatable bonds is 4. The molecule has 0 spiro atoms. The zero-order chi connectivity index (χ0) is 9.68. The van der Waals surface area contributed by atoms with Gasteiger partial charge in [0.2, 0.25) is 0 Å². The predicted octanol–water partition coefficient (Wildman–Crippen LogP) is 1.74. The second-order valence-electron chi connectivity index (χ2n) is 3.21. The summed E-state index contributed by atoms with van der Waals surface area (Å²) >= 11 is 0. The summed E-state index contributed by atoms with van der Waals surface area (Å²) < 4.78 is 0. The third-order valence-electron chi connectivity index (χ3n) is 2.08. The molecule has 0 aliphatic heterocycles. The molecule has 70 valence electrons. The predicted molar refractivity (Wildman–Crippen MR) is 51.6 cm³/mol. The maximum Gasteiger partial charge on any atom is 0.158 e. The van der Waals surface area contributed by atoms with Crippen LogP contribution in [0.4, 0.5) is 0 Å². The number of Topliss-reactive ketones (excluding diaryl/α,β-unsaturated/α-hetero) is 1. The fourth-order valence-electron chi connectivity index (χ4n) is 1.31. The van der Waals surface area contributed by atoms with Crippen molar-refractivity contribution in [2.75, 3.05) is 6.61 Å². The van der Waals surface area contributed by atoms with E-state index in [9.17, 15) is 4.79 Å². The Morgan fingerprint density at radius 1 is 1.38 bits per heavy atom. The molecule has 0 saturated carbocycles. The Morgan fingerprint density at radius 3 is 2.54 bits per heavy atom. The molecule has 1 rings (SSSR count). The molecule has 1 atom stereocenters. The van der Waals surface area contributed by atoms with E-state index in [-0.39, 0.29) is 18.3 Å². The lowest BCUT2D eigenvalue weighted by Crippen LogP contribution is -2.08. The summed E-state index contributed by atoms with van der Waals surface area (Å²) in [6.07, 6.45) is 0.417. The SMILES string of the molecule is CC(CC(=O)CO)c1ccccc1. The normalized spacial score (nSPS) is 12.5. The third-order valence-corrected chi connectivity index (χ3v) is 2.08. The summed E-state index contributed by atoms with van der Waals surface area (Å²) in [6, 6.07) is 9.85. The van der Waals surface area contributed by atoms with Crippen LogP contribution in [0, 0.1) is 0 Å². The summed E-state index contributed by atoms with van der Waals surface area (Å²) in [5, 5.41) is 8.58. The second-order valence-corrected chi connectivity index (χ2v) is 3.21. The zero-order valence-corrected chi connectivity index (χ0v) is 7.73. The van der Waals surface area contributed by atoms with Gasteiger partial charge < -0.3 is 5.11 Å². The first-order chi connectivity index (χ1) is 6.24. The molecule has 2 heteroatoms. The standard InChI is InChI=1S/C11H14O2/c1-9(7-11(13)8-12)10-5-3-2-4-6-10/h2-6,9,12H,7-8H2,1H3. The lowest BCUT2D eigenvalue weighted by molar-refractivity contribution is -0.122. The smallest absolute Gasteiger partial charge is 0.158 e. The Morgan fingerprint density at radius 2 is 2.00 bits per heavy atom. The fourth-order valence-corrected chi connectivity index (χ4v) is 1.31. The van der Waals surface area contributed by atoms with E-state index in [2.05, 4.69) is 0 Å². The average molecular weight is 178 g/mol. The van der Waals surface area contributed by atoms with Crippen molar-refractivity contribution in [3.8, 4) is 0 Å². The zero-order valence-electron chi connectivity index (χ0n) is 7.73. The Balaban J connectivity index is 2.59. The Kier molecular flexibility index (Phi) is 3.65. The van der Waals surface area contributed by atoms with Crippen LogP contribution in [-0.4, -0.2) is 17.5 Å². The van der Waals surface area contributed by atoms with Crippen LogP contribution in [0.25, 0.3) is 0 Å². The largest absolute Gasteiger partial charge is 0.389 e. The molecule has 0 fully saturated rings. The minimum Gasteiger partial charge on any atom is -0.389 e. The van der Waals surface area contributed by atoms with E-state index in [0.29, 0.717) is 6.42 Å². The summed E-state index contributed by atoms with van der Waals surface area (Å²) in [4.78, 5) is 10.9. The first-order valence-electron chi connectivity index (χ1n) is 4.41. The topological polar surface area (TPSA) is 37.3 Å². The van der Waals surface area contributed by atoms with E-state index >= 15 is 0 Å². The fraction of sp³-hybridized carbons (Fsp3) is 0.364. The maximum absolute atomic E-state index is 10.9. The Labute approximate surface area is 78.2 Å². The van der Waals surface area contributed by atoms with Crippen molar-refractivity contribution in [2.45, 2.75) is 19.3 Å². The van der Waals surface area contributed by atoms with Gasteiger partial charge in [-0.2, -0.15) is 0 Å². The van der Waals surface area contributed by atoms with Crippen LogP contribution >= 0.6 is 0 Å². The summed E-state index contributed by atoms with van der Waals surface area (Å²) in [5.74, 6) is 0.0946. The van der Waals surface area contributed by atoms with Crippen LogP contribution < -0.4 is 0 Å². The molecule has 0 heterocycles. The van der Waals surface area contributed by atoms with Crippen molar-refractivity contribution in [1.82, 2.24) is 0 Å². The van der Waals surface area contributed by atoms with Crippen molar-refractivity contribution in [2.24, 2.45) is 0 Å². The first kappa shape index (κ1) is 9.93. The van der Waals surface area contributed by atoms with E-state index in [1.54, 1.807) is 0 Å². The first-order valence-corrected chi connectivity index (χ1v) is 4.41. The summed E-state index contributed by atoms with van der Waals surface area (Å²) in [6.45, 7) is 1.64. The number of benzene rings is 1. The van der Waals surface area contributed by atoms with Gasteiger partial charge in [-0.1, -0.05) is 37.3 Å². The van der Waals surface area contributed by atoms with E-state index < -0.39 is 0 Å². The molecular formula is C11H14O2. The van der Waals surface area contributed by atoms with Gasteiger partial charge in [0, 0.05) is 6.42 Å². The molecule has 1 N–H and O–H groups in total. The number of ketones is 1. The van der Waals surface area contributed by atoms with Crippen LogP contribution in [0.1, 0.15) is 24.8 Å². The summed E-state index contributed by atoms with van der Waals surface area (Å²) in [7, 11) is 0.